The van der Waals surface area contributed by atoms with Crippen molar-refractivity contribution in [3.63, 3.8) is 0 Å². The van der Waals surface area contributed by atoms with Crippen LogP contribution in [0.4, 0.5) is 0 Å². The van der Waals surface area contributed by atoms with Gasteiger partial charge in [-0.25, -0.2) is 0 Å². The number of benzene rings is 1. The first-order chi connectivity index (χ1) is 12.0. The summed E-state index contributed by atoms with van der Waals surface area (Å²) < 4.78 is 0. The van der Waals surface area contributed by atoms with E-state index < -0.39 is 25.1 Å². The monoisotopic (exact) mass is 377 g/mol. The third-order valence-corrected chi connectivity index (χ3v) is 8.08. The van der Waals surface area contributed by atoms with Gasteiger partial charge in [0, 0.05) is 0 Å². The molecule has 0 aliphatic heterocycles. The van der Waals surface area contributed by atoms with E-state index in [4.69, 9.17) is 0 Å². The van der Waals surface area contributed by atoms with Gasteiger partial charge in [-0.15, -0.1) is 0 Å². The second kappa shape index (κ2) is 7.83. The maximum Gasteiger partial charge on any atom is 0.317 e. The molecule has 5 heteroatoms. The standard InChI is InChI=1S/C21H35NO3Si/c1-22(2)16-15-21(19(23)24,20(25)13-7-6-8-14-20)17-9-11-18(12-10-17)26(3,4)5/h9-12,25H,6-8,13-16H2,1-5H3,(H,23,24). The Balaban J connectivity index is 2.56. The topological polar surface area (TPSA) is 60.8 Å². The van der Waals surface area contributed by atoms with Gasteiger partial charge in [-0.3, -0.25) is 4.79 Å². The number of aliphatic hydroxyl groups is 1. The summed E-state index contributed by atoms with van der Waals surface area (Å²) in [5, 5.41) is 23.2. The van der Waals surface area contributed by atoms with E-state index in [1.54, 1.807) is 0 Å². The van der Waals surface area contributed by atoms with E-state index in [9.17, 15) is 15.0 Å². The molecule has 1 aliphatic carbocycles. The zero-order valence-corrected chi connectivity index (χ0v) is 18.0. The van der Waals surface area contributed by atoms with Crippen LogP contribution in [0.5, 0.6) is 0 Å². The maximum atomic E-state index is 12.7. The molecular weight excluding hydrogens is 342 g/mol. The highest BCUT2D eigenvalue weighted by Gasteiger charge is 2.56. The van der Waals surface area contributed by atoms with Crippen molar-refractivity contribution in [1.82, 2.24) is 4.90 Å². The minimum atomic E-state index is -1.46. The van der Waals surface area contributed by atoms with Gasteiger partial charge in [0.05, 0.1) is 13.7 Å². The van der Waals surface area contributed by atoms with Crippen molar-refractivity contribution in [3.8, 4) is 0 Å². The summed E-state index contributed by atoms with van der Waals surface area (Å²) in [6.07, 6.45) is 4.38. The first-order valence-electron chi connectivity index (χ1n) is 9.74. The molecule has 0 amide bonds. The molecule has 1 unspecified atom stereocenters. The molecule has 1 fully saturated rings. The minimum Gasteiger partial charge on any atom is -0.480 e. The van der Waals surface area contributed by atoms with Crippen LogP contribution in [0.15, 0.2) is 24.3 Å². The van der Waals surface area contributed by atoms with Gasteiger partial charge in [-0.1, -0.05) is 68.4 Å². The Hall–Kier alpha value is -1.17. The Morgan fingerprint density at radius 2 is 1.65 bits per heavy atom. The number of hydrogen-bond acceptors (Lipinski definition) is 3. The summed E-state index contributed by atoms with van der Waals surface area (Å²) in [6.45, 7) is 7.48. The highest BCUT2D eigenvalue weighted by Crippen LogP contribution is 2.47. The number of rotatable bonds is 7. The van der Waals surface area contributed by atoms with Crippen LogP contribution in [-0.2, 0) is 10.2 Å². The normalized spacial score (nSPS) is 20.0. The van der Waals surface area contributed by atoms with E-state index in [-0.39, 0.29) is 0 Å². The van der Waals surface area contributed by atoms with E-state index in [0.29, 0.717) is 25.8 Å². The zero-order chi connectivity index (χ0) is 19.6. The molecule has 1 atom stereocenters. The average molecular weight is 378 g/mol. The molecule has 146 valence electrons. The van der Waals surface area contributed by atoms with Crippen molar-refractivity contribution < 1.29 is 15.0 Å². The number of nitrogens with zero attached hydrogens (tertiary/aromatic N) is 1. The Kier molecular flexibility index (Phi) is 6.36. The number of carboxylic acids is 1. The van der Waals surface area contributed by atoms with Gasteiger partial charge >= 0.3 is 5.97 Å². The molecule has 1 aromatic carbocycles. The van der Waals surface area contributed by atoms with Gasteiger partial charge in [-0.05, 0) is 45.5 Å². The molecular formula is C21H35NO3Si. The van der Waals surface area contributed by atoms with E-state index in [1.807, 2.05) is 31.1 Å². The molecule has 0 aromatic heterocycles. The molecule has 2 N–H and O–H groups in total. The Morgan fingerprint density at radius 3 is 2.08 bits per heavy atom. The molecule has 4 nitrogen and oxygen atoms in total. The summed E-state index contributed by atoms with van der Waals surface area (Å²) in [5.74, 6) is -0.899. The molecule has 0 saturated heterocycles. The summed E-state index contributed by atoms with van der Waals surface area (Å²) >= 11 is 0. The van der Waals surface area contributed by atoms with Gasteiger partial charge in [0.1, 0.15) is 5.41 Å². The lowest BCUT2D eigenvalue weighted by Crippen LogP contribution is -2.58. The SMILES string of the molecule is CN(C)CCC(C(=O)O)(c1ccc([Si](C)(C)C)cc1)C1(O)CCCCC1. The maximum absolute atomic E-state index is 12.7. The van der Waals surface area contributed by atoms with Gasteiger partial charge in [0.25, 0.3) is 0 Å². The Bertz CT molecular complexity index is 615. The third kappa shape index (κ3) is 4.05. The van der Waals surface area contributed by atoms with E-state index >= 15 is 0 Å². The molecule has 1 saturated carbocycles. The van der Waals surface area contributed by atoms with Crippen molar-refractivity contribution in [2.45, 2.75) is 69.2 Å². The second-order valence-electron chi connectivity index (χ2n) is 9.18. The second-order valence-corrected chi connectivity index (χ2v) is 14.3. The molecule has 0 heterocycles. The summed E-state index contributed by atoms with van der Waals surface area (Å²) in [4.78, 5) is 14.7. The highest BCUT2D eigenvalue weighted by molar-refractivity contribution is 6.88. The Labute approximate surface area is 159 Å². The largest absolute Gasteiger partial charge is 0.480 e. The van der Waals surface area contributed by atoms with Crippen LogP contribution in [-0.4, -0.2) is 55.4 Å². The minimum absolute atomic E-state index is 0.415. The first kappa shape index (κ1) is 21.1. The van der Waals surface area contributed by atoms with Crippen molar-refractivity contribution in [1.29, 1.82) is 0 Å². The number of carboxylic acid groups (broad SMARTS) is 1. The molecule has 0 bridgehead atoms. The van der Waals surface area contributed by atoms with Crippen LogP contribution >= 0.6 is 0 Å². The summed E-state index contributed by atoms with van der Waals surface area (Å²) in [7, 11) is 2.45. The molecule has 2 rings (SSSR count). The summed E-state index contributed by atoms with van der Waals surface area (Å²) in [6, 6.07) is 8.09. The van der Waals surface area contributed by atoms with Gasteiger partial charge in [0.2, 0.25) is 0 Å². The number of aliphatic carboxylic acids is 1. The number of carbonyl (C=O) groups is 1. The van der Waals surface area contributed by atoms with Crippen LogP contribution in [0.3, 0.4) is 0 Å². The molecule has 0 spiro atoms. The predicted molar refractivity (Wildman–Crippen MR) is 110 cm³/mol. The smallest absolute Gasteiger partial charge is 0.317 e. The van der Waals surface area contributed by atoms with Crippen molar-refractivity contribution >= 4 is 19.2 Å². The lowest BCUT2D eigenvalue weighted by molar-refractivity contribution is -0.162. The lowest BCUT2D eigenvalue weighted by Gasteiger charge is -2.47. The van der Waals surface area contributed by atoms with Crippen molar-refractivity contribution in [2.24, 2.45) is 0 Å². The molecule has 26 heavy (non-hydrogen) atoms. The van der Waals surface area contributed by atoms with Crippen molar-refractivity contribution in [3.05, 3.63) is 29.8 Å². The highest BCUT2D eigenvalue weighted by atomic mass is 28.3. The van der Waals surface area contributed by atoms with Gasteiger partial charge in [0.15, 0.2) is 0 Å². The fourth-order valence-corrected chi connectivity index (χ4v) is 5.45. The van der Waals surface area contributed by atoms with Crippen LogP contribution in [0.2, 0.25) is 19.6 Å². The van der Waals surface area contributed by atoms with Crippen LogP contribution in [0.1, 0.15) is 44.1 Å². The molecule has 1 aliphatic rings. The van der Waals surface area contributed by atoms with Crippen LogP contribution < -0.4 is 5.19 Å². The fraction of sp³-hybridized carbons (Fsp3) is 0.667. The quantitative estimate of drug-likeness (QED) is 0.717. The van der Waals surface area contributed by atoms with Gasteiger partial charge in [-0.2, -0.15) is 0 Å². The van der Waals surface area contributed by atoms with Gasteiger partial charge < -0.3 is 15.1 Å². The van der Waals surface area contributed by atoms with Crippen molar-refractivity contribution in [2.75, 3.05) is 20.6 Å². The van der Waals surface area contributed by atoms with E-state index in [2.05, 4.69) is 31.8 Å². The average Bonchev–Trinajstić information content (AvgIpc) is 2.55. The van der Waals surface area contributed by atoms with E-state index in [1.165, 1.54) is 5.19 Å². The predicted octanol–water partition coefficient (Wildman–Crippen LogP) is 3.20. The zero-order valence-electron chi connectivity index (χ0n) is 17.0. The Morgan fingerprint density at radius 1 is 1.12 bits per heavy atom. The van der Waals surface area contributed by atoms with Crippen LogP contribution in [0, 0.1) is 0 Å². The summed E-state index contributed by atoms with van der Waals surface area (Å²) in [5.41, 5.74) is -1.69. The van der Waals surface area contributed by atoms with Crippen LogP contribution in [0.25, 0.3) is 0 Å². The first-order valence-corrected chi connectivity index (χ1v) is 13.2. The molecule has 1 aromatic rings. The lowest BCUT2D eigenvalue weighted by atomic mass is 9.60. The molecule has 0 radical (unpaired) electrons. The van der Waals surface area contributed by atoms with E-state index in [0.717, 1.165) is 24.8 Å². The fourth-order valence-electron chi connectivity index (χ4n) is 4.28. The third-order valence-electron chi connectivity index (χ3n) is 6.02. The number of hydrogen-bond donors (Lipinski definition) is 2.